The zero-order chi connectivity index (χ0) is 13.0. The van der Waals surface area contributed by atoms with E-state index < -0.39 is 0 Å². The van der Waals surface area contributed by atoms with Gasteiger partial charge in [-0.1, -0.05) is 19.1 Å². The smallest absolute Gasteiger partial charge is 0.268 e. The molecule has 0 spiro atoms. The van der Waals surface area contributed by atoms with Crippen LogP contribution in [0.3, 0.4) is 0 Å². The second kappa shape index (κ2) is 6.23. The van der Waals surface area contributed by atoms with E-state index in [9.17, 15) is 4.79 Å². The largest absolute Gasteiger partial charge is 0.348 e. The van der Waals surface area contributed by atoms with E-state index in [1.807, 2.05) is 16.8 Å². The molecule has 0 aliphatic heterocycles. The molecule has 3 nitrogen and oxygen atoms in total. The third-order valence-corrected chi connectivity index (χ3v) is 3.60. The van der Waals surface area contributed by atoms with Gasteiger partial charge < -0.3 is 9.88 Å². The molecule has 18 heavy (non-hydrogen) atoms. The number of hydrogen-bond donors (Lipinski definition) is 1. The average molecular weight is 311 g/mol. The summed E-state index contributed by atoms with van der Waals surface area (Å²) >= 11 is 3.43. The molecule has 0 aromatic carbocycles. The molecule has 1 aromatic rings. The summed E-state index contributed by atoms with van der Waals surface area (Å²) < 4.78 is 2.97. The Bertz CT molecular complexity index is 451. The van der Waals surface area contributed by atoms with Gasteiger partial charge >= 0.3 is 0 Å². The predicted molar refractivity (Wildman–Crippen MR) is 76.7 cm³/mol. The summed E-state index contributed by atoms with van der Waals surface area (Å²) in [4.78, 5) is 12.2. The third kappa shape index (κ3) is 3.25. The monoisotopic (exact) mass is 310 g/mol. The van der Waals surface area contributed by atoms with Gasteiger partial charge in [-0.05, 0) is 47.7 Å². The Labute approximate surface area is 116 Å². The zero-order valence-corrected chi connectivity index (χ0v) is 12.2. The van der Waals surface area contributed by atoms with E-state index in [1.165, 1.54) is 0 Å². The molecule has 1 aromatic heterocycles. The molecule has 1 aliphatic carbocycles. The van der Waals surface area contributed by atoms with Crippen molar-refractivity contribution >= 4 is 21.8 Å². The van der Waals surface area contributed by atoms with Crippen molar-refractivity contribution in [3.05, 3.63) is 34.6 Å². The summed E-state index contributed by atoms with van der Waals surface area (Å²) in [7, 11) is 0. The van der Waals surface area contributed by atoms with Gasteiger partial charge in [-0.15, -0.1) is 0 Å². The van der Waals surface area contributed by atoms with Gasteiger partial charge in [-0.3, -0.25) is 4.79 Å². The van der Waals surface area contributed by atoms with Gasteiger partial charge in [0.25, 0.3) is 5.91 Å². The van der Waals surface area contributed by atoms with E-state index in [2.05, 4.69) is 40.3 Å². The molecule has 0 radical (unpaired) electrons. The minimum Gasteiger partial charge on any atom is -0.348 e. The number of rotatable bonds is 4. The van der Waals surface area contributed by atoms with Crippen molar-refractivity contribution in [1.29, 1.82) is 0 Å². The molecular formula is C14H19BrN2O. The number of halogens is 1. The fourth-order valence-corrected chi connectivity index (χ4v) is 2.74. The molecule has 4 heteroatoms. The van der Waals surface area contributed by atoms with Crippen molar-refractivity contribution in [2.24, 2.45) is 0 Å². The molecule has 1 N–H and O–H groups in total. The van der Waals surface area contributed by atoms with Crippen LogP contribution >= 0.6 is 15.9 Å². The van der Waals surface area contributed by atoms with Crippen LogP contribution in [0.15, 0.2) is 28.9 Å². The summed E-state index contributed by atoms with van der Waals surface area (Å²) in [6.45, 7) is 2.99. The number of amides is 1. The van der Waals surface area contributed by atoms with Gasteiger partial charge in [0, 0.05) is 23.3 Å². The Balaban J connectivity index is 2.05. The van der Waals surface area contributed by atoms with Gasteiger partial charge in [-0.2, -0.15) is 0 Å². The van der Waals surface area contributed by atoms with Crippen LogP contribution in [0, 0.1) is 0 Å². The van der Waals surface area contributed by atoms with E-state index >= 15 is 0 Å². The number of carbonyl (C=O) groups excluding carboxylic acids is 1. The fraction of sp³-hybridized carbons (Fsp3) is 0.500. The van der Waals surface area contributed by atoms with Gasteiger partial charge in [0.2, 0.25) is 0 Å². The number of nitrogens with one attached hydrogen (secondary N) is 1. The first kappa shape index (κ1) is 13.4. The minimum atomic E-state index is 0.0365. The second-order valence-corrected chi connectivity index (χ2v) is 5.61. The van der Waals surface area contributed by atoms with Crippen LogP contribution < -0.4 is 5.32 Å². The maximum Gasteiger partial charge on any atom is 0.268 e. The summed E-state index contributed by atoms with van der Waals surface area (Å²) in [6, 6.07) is 2.18. The molecule has 98 valence electrons. The molecule has 1 atom stereocenters. The van der Waals surface area contributed by atoms with Crippen molar-refractivity contribution in [1.82, 2.24) is 9.88 Å². The van der Waals surface area contributed by atoms with Crippen LogP contribution in [0.1, 0.15) is 43.1 Å². The van der Waals surface area contributed by atoms with E-state index in [1.54, 1.807) is 0 Å². The van der Waals surface area contributed by atoms with Crippen LogP contribution in [0.2, 0.25) is 0 Å². The Hall–Kier alpha value is -1.03. The summed E-state index contributed by atoms with van der Waals surface area (Å²) in [6.07, 6.45) is 10.4. The van der Waals surface area contributed by atoms with Gasteiger partial charge in [-0.25, -0.2) is 0 Å². The molecular weight excluding hydrogens is 292 g/mol. The number of carbonyl (C=O) groups is 1. The standard InChI is InChI=1S/C14H19BrN2O/c1-2-8-17-10-11(15)9-13(17)14(18)16-12-6-4-3-5-7-12/h3-4,9-10,12H,2,5-8H2,1H3,(H,16,18). The first-order valence-corrected chi connectivity index (χ1v) is 7.31. The lowest BCUT2D eigenvalue weighted by molar-refractivity contribution is 0.0925. The lowest BCUT2D eigenvalue weighted by atomic mass is 10.0. The van der Waals surface area contributed by atoms with E-state index in [0.717, 1.165) is 42.4 Å². The van der Waals surface area contributed by atoms with E-state index in [4.69, 9.17) is 0 Å². The predicted octanol–water partition coefficient (Wildman–Crippen LogP) is 3.50. The molecule has 2 rings (SSSR count). The molecule has 0 bridgehead atoms. The van der Waals surface area contributed by atoms with Gasteiger partial charge in [0.05, 0.1) is 0 Å². The van der Waals surface area contributed by atoms with Crippen LogP contribution in [0.25, 0.3) is 0 Å². The average Bonchev–Trinajstić information content (AvgIpc) is 2.72. The van der Waals surface area contributed by atoms with Crippen molar-refractivity contribution in [2.45, 2.75) is 45.2 Å². The lowest BCUT2D eigenvalue weighted by Gasteiger charge is -2.19. The zero-order valence-electron chi connectivity index (χ0n) is 10.7. The molecule has 0 saturated carbocycles. The fourth-order valence-electron chi connectivity index (χ4n) is 2.28. The highest BCUT2D eigenvalue weighted by Crippen LogP contribution is 2.17. The molecule has 1 heterocycles. The highest BCUT2D eigenvalue weighted by Gasteiger charge is 2.17. The third-order valence-electron chi connectivity index (χ3n) is 3.16. The first-order valence-electron chi connectivity index (χ1n) is 6.52. The number of hydrogen-bond acceptors (Lipinski definition) is 1. The van der Waals surface area contributed by atoms with Crippen molar-refractivity contribution in [3.8, 4) is 0 Å². The highest BCUT2D eigenvalue weighted by atomic mass is 79.9. The maximum absolute atomic E-state index is 12.2. The van der Waals surface area contributed by atoms with Crippen LogP contribution in [-0.2, 0) is 6.54 Å². The second-order valence-electron chi connectivity index (χ2n) is 4.69. The molecule has 1 amide bonds. The highest BCUT2D eigenvalue weighted by molar-refractivity contribution is 9.10. The minimum absolute atomic E-state index is 0.0365. The molecule has 1 unspecified atom stereocenters. The lowest BCUT2D eigenvalue weighted by Crippen LogP contribution is -2.36. The summed E-state index contributed by atoms with van der Waals surface area (Å²) in [5.41, 5.74) is 0.748. The first-order chi connectivity index (χ1) is 8.70. The van der Waals surface area contributed by atoms with Crippen molar-refractivity contribution < 1.29 is 4.79 Å². The Morgan fingerprint density at radius 1 is 1.56 bits per heavy atom. The topological polar surface area (TPSA) is 34.0 Å². The SMILES string of the molecule is CCCn1cc(Br)cc1C(=O)NC1CC=CCC1. The van der Waals surface area contributed by atoms with Crippen molar-refractivity contribution in [3.63, 3.8) is 0 Å². The molecule has 0 saturated heterocycles. The van der Waals surface area contributed by atoms with Crippen molar-refractivity contribution in [2.75, 3.05) is 0 Å². The van der Waals surface area contributed by atoms with Crippen LogP contribution in [0.5, 0.6) is 0 Å². The van der Waals surface area contributed by atoms with E-state index in [0.29, 0.717) is 0 Å². The van der Waals surface area contributed by atoms with Gasteiger partial charge in [0.1, 0.15) is 5.69 Å². The van der Waals surface area contributed by atoms with Crippen LogP contribution in [0.4, 0.5) is 0 Å². The van der Waals surface area contributed by atoms with Crippen LogP contribution in [-0.4, -0.2) is 16.5 Å². The number of aryl methyl sites for hydroxylation is 1. The number of nitrogens with zero attached hydrogens (tertiary/aromatic N) is 1. The molecule has 1 aliphatic rings. The molecule has 0 fully saturated rings. The maximum atomic E-state index is 12.2. The Kier molecular flexibility index (Phi) is 4.64. The Morgan fingerprint density at radius 2 is 2.39 bits per heavy atom. The summed E-state index contributed by atoms with van der Waals surface area (Å²) in [5, 5.41) is 3.12. The normalized spacial score (nSPS) is 18.9. The quantitative estimate of drug-likeness (QED) is 0.849. The van der Waals surface area contributed by atoms with E-state index in [-0.39, 0.29) is 11.9 Å². The Morgan fingerprint density at radius 3 is 3.06 bits per heavy atom. The number of allylic oxidation sites excluding steroid dienone is 1. The van der Waals surface area contributed by atoms with Gasteiger partial charge in [0.15, 0.2) is 0 Å². The summed E-state index contributed by atoms with van der Waals surface area (Å²) in [5.74, 6) is 0.0365. The number of aromatic nitrogens is 1.